The van der Waals surface area contributed by atoms with E-state index < -0.39 is 6.10 Å². The lowest BCUT2D eigenvalue weighted by Gasteiger charge is -2.18. The second-order valence-electron chi connectivity index (χ2n) is 21.7. The zero-order valence-electron chi connectivity index (χ0n) is 49.8. The highest BCUT2D eigenvalue weighted by Gasteiger charge is 2.19. The Morgan fingerprint density at radius 3 is 0.813 bits per heavy atom. The van der Waals surface area contributed by atoms with Crippen molar-refractivity contribution in [3.05, 3.63) is 72.9 Å². The predicted octanol–water partition coefficient (Wildman–Crippen LogP) is 22.1. The van der Waals surface area contributed by atoms with Gasteiger partial charge in [-0.1, -0.05) is 312 Å². The topological polar surface area (TPSA) is 78.9 Å². The summed E-state index contributed by atoms with van der Waals surface area (Å²) >= 11 is 0. The van der Waals surface area contributed by atoms with Crippen molar-refractivity contribution in [3.8, 4) is 0 Å². The van der Waals surface area contributed by atoms with E-state index in [0.717, 1.165) is 103 Å². The molecule has 0 fully saturated rings. The number of hydrogen-bond donors (Lipinski definition) is 0. The van der Waals surface area contributed by atoms with Gasteiger partial charge in [0, 0.05) is 19.3 Å². The predicted molar refractivity (Wildman–Crippen MR) is 325 cm³/mol. The largest absolute Gasteiger partial charge is 0.462 e. The lowest BCUT2D eigenvalue weighted by atomic mass is 10.0. The average Bonchev–Trinajstić information content (AvgIpc) is 3.41. The summed E-state index contributed by atoms with van der Waals surface area (Å²) in [4.78, 5) is 38.2. The van der Waals surface area contributed by atoms with Gasteiger partial charge in [0.15, 0.2) is 6.10 Å². The van der Waals surface area contributed by atoms with Gasteiger partial charge in [0.2, 0.25) is 0 Å². The van der Waals surface area contributed by atoms with E-state index in [-0.39, 0.29) is 31.1 Å². The first-order chi connectivity index (χ1) is 37.0. The van der Waals surface area contributed by atoms with Gasteiger partial charge in [-0.05, 0) is 70.6 Å². The number of allylic oxidation sites excluding steroid dienone is 12. The molecule has 0 aromatic carbocycles. The van der Waals surface area contributed by atoms with E-state index in [4.69, 9.17) is 14.2 Å². The summed E-state index contributed by atoms with van der Waals surface area (Å²) in [5, 5.41) is 0. The minimum Gasteiger partial charge on any atom is -0.462 e. The van der Waals surface area contributed by atoms with Gasteiger partial charge in [-0.25, -0.2) is 0 Å². The van der Waals surface area contributed by atoms with Crippen molar-refractivity contribution in [1.29, 1.82) is 0 Å². The normalized spacial score (nSPS) is 12.5. The van der Waals surface area contributed by atoms with E-state index in [0.29, 0.717) is 19.3 Å². The smallest absolute Gasteiger partial charge is 0.306 e. The SMILES string of the molecule is CC/C=C\C/C=C\C/C=C\C/C=C\C/C=C\C/C=C\CCCCCCCCCCC(=O)OCC(COC(=O)CCCCCCCCCCC)OC(=O)CCCCCCCCCCCCCCCCCCCCCCC. The van der Waals surface area contributed by atoms with Crippen LogP contribution in [0.25, 0.3) is 0 Å². The van der Waals surface area contributed by atoms with Crippen LogP contribution in [0.4, 0.5) is 0 Å². The van der Waals surface area contributed by atoms with Crippen LogP contribution in [-0.2, 0) is 28.6 Å². The molecule has 0 radical (unpaired) electrons. The number of ether oxygens (including phenoxy) is 3. The van der Waals surface area contributed by atoms with Gasteiger partial charge in [-0.15, -0.1) is 0 Å². The number of esters is 3. The summed E-state index contributed by atoms with van der Waals surface area (Å²) in [5.41, 5.74) is 0. The van der Waals surface area contributed by atoms with E-state index in [9.17, 15) is 14.4 Å². The maximum absolute atomic E-state index is 12.9. The van der Waals surface area contributed by atoms with Crippen LogP contribution >= 0.6 is 0 Å². The van der Waals surface area contributed by atoms with Crippen LogP contribution in [0.5, 0.6) is 0 Å². The first kappa shape index (κ1) is 71.8. The summed E-state index contributed by atoms with van der Waals surface area (Å²) in [7, 11) is 0. The lowest BCUT2D eigenvalue weighted by molar-refractivity contribution is -0.167. The molecule has 0 aliphatic heterocycles. The standard InChI is InChI=1S/C69H122O6/c1-4-7-10-13-16-19-21-23-25-27-29-31-32-33-34-35-36-38-39-41-43-45-47-50-53-56-59-62-68(71)74-65-66(64-73-67(70)61-58-55-52-49-18-15-12-9-6-3)75-69(72)63-60-57-54-51-48-46-44-42-40-37-30-28-26-24-22-20-17-14-11-8-5-2/h7,10,16,19,23,25,29,31,33-34,36,38,66H,4-6,8-9,11-15,17-18,20-22,24,26-28,30,32,35,37,39-65H2,1-3H3/b10-7-,19-16-,25-23-,31-29-,34-33-,38-36-. The molecule has 6 nitrogen and oxygen atoms in total. The van der Waals surface area contributed by atoms with Crippen LogP contribution < -0.4 is 0 Å². The Balaban J connectivity index is 4.21. The molecule has 0 aromatic rings. The minimum atomic E-state index is -0.775. The van der Waals surface area contributed by atoms with Gasteiger partial charge in [-0.3, -0.25) is 14.4 Å². The number of carbonyl (C=O) groups excluding carboxylic acids is 3. The van der Waals surface area contributed by atoms with Crippen LogP contribution in [0, 0.1) is 0 Å². The van der Waals surface area contributed by atoms with Crippen molar-refractivity contribution < 1.29 is 28.6 Å². The number of hydrogen-bond acceptors (Lipinski definition) is 6. The molecule has 0 heterocycles. The van der Waals surface area contributed by atoms with Gasteiger partial charge in [0.1, 0.15) is 13.2 Å². The quantitative estimate of drug-likeness (QED) is 0.0261. The van der Waals surface area contributed by atoms with Gasteiger partial charge in [0.25, 0.3) is 0 Å². The Hall–Kier alpha value is -3.15. The second kappa shape index (κ2) is 63.4. The maximum atomic E-state index is 12.9. The third-order valence-corrected chi connectivity index (χ3v) is 14.2. The van der Waals surface area contributed by atoms with Gasteiger partial charge in [0.05, 0.1) is 0 Å². The number of carbonyl (C=O) groups is 3. The highest BCUT2D eigenvalue weighted by Crippen LogP contribution is 2.17. The summed E-state index contributed by atoms with van der Waals surface area (Å²) < 4.78 is 16.9. The molecule has 0 saturated heterocycles. The molecule has 0 saturated carbocycles. The fourth-order valence-corrected chi connectivity index (χ4v) is 9.39. The average molecular weight is 1050 g/mol. The van der Waals surface area contributed by atoms with E-state index in [1.807, 2.05) is 0 Å². The molecule has 0 spiro atoms. The van der Waals surface area contributed by atoms with Crippen molar-refractivity contribution in [2.75, 3.05) is 13.2 Å². The molecule has 0 N–H and O–H groups in total. The molecular formula is C69H122O6. The van der Waals surface area contributed by atoms with E-state index in [1.54, 1.807) is 0 Å². The molecular weight excluding hydrogens is 925 g/mol. The monoisotopic (exact) mass is 1050 g/mol. The fourth-order valence-electron chi connectivity index (χ4n) is 9.39. The third-order valence-electron chi connectivity index (χ3n) is 14.2. The van der Waals surface area contributed by atoms with Crippen LogP contribution in [-0.4, -0.2) is 37.2 Å². The maximum Gasteiger partial charge on any atom is 0.306 e. The first-order valence-corrected chi connectivity index (χ1v) is 32.4. The summed E-state index contributed by atoms with van der Waals surface area (Å²) in [5.74, 6) is -0.868. The molecule has 0 rings (SSSR count). The molecule has 0 aliphatic carbocycles. The molecule has 1 atom stereocenters. The van der Waals surface area contributed by atoms with Gasteiger partial charge >= 0.3 is 17.9 Å². The summed E-state index contributed by atoms with van der Waals surface area (Å²) in [6.07, 6.45) is 82.1. The molecule has 1 unspecified atom stereocenters. The van der Waals surface area contributed by atoms with Crippen molar-refractivity contribution in [3.63, 3.8) is 0 Å². The van der Waals surface area contributed by atoms with Crippen molar-refractivity contribution >= 4 is 17.9 Å². The Labute approximate surface area is 465 Å². The van der Waals surface area contributed by atoms with Crippen molar-refractivity contribution in [1.82, 2.24) is 0 Å². The highest BCUT2D eigenvalue weighted by molar-refractivity contribution is 5.71. The third kappa shape index (κ3) is 61.6. The lowest BCUT2D eigenvalue weighted by Crippen LogP contribution is -2.30. The number of rotatable bonds is 59. The van der Waals surface area contributed by atoms with Gasteiger partial charge in [-0.2, -0.15) is 0 Å². The second-order valence-corrected chi connectivity index (χ2v) is 21.7. The van der Waals surface area contributed by atoms with E-state index >= 15 is 0 Å². The fraction of sp³-hybridized carbons (Fsp3) is 0.783. The van der Waals surface area contributed by atoms with Gasteiger partial charge < -0.3 is 14.2 Å². The minimum absolute atomic E-state index is 0.0734. The summed E-state index contributed by atoms with van der Waals surface area (Å²) in [6.45, 7) is 6.54. The van der Waals surface area contributed by atoms with E-state index in [2.05, 4.69) is 93.7 Å². The molecule has 6 heteroatoms. The van der Waals surface area contributed by atoms with Crippen LogP contribution in [0.3, 0.4) is 0 Å². The Morgan fingerprint density at radius 2 is 0.520 bits per heavy atom. The molecule has 0 amide bonds. The zero-order chi connectivity index (χ0) is 54.3. The molecule has 0 aromatic heterocycles. The Morgan fingerprint density at radius 1 is 0.280 bits per heavy atom. The molecule has 434 valence electrons. The Kier molecular flexibility index (Phi) is 60.7. The van der Waals surface area contributed by atoms with Crippen molar-refractivity contribution in [2.24, 2.45) is 0 Å². The molecule has 75 heavy (non-hydrogen) atoms. The van der Waals surface area contributed by atoms with Crippen LogP contribution in [0.15, 0.2) is 72.9 Å². The van der Waals surface area contributed by atoms with E-state index in [1.165, 1.54) is 186 Å². The first-order valence-electron chi connectivity index (χ1n) is 32.4. The number of unbranched alkanes of at least 4 members (excludes halogenated alkanes) is 36. The van der Waals surface area contributed by atoms with Crippen molar-refractivity contribution in [2.45, 2.75) is 335 Å². The zero-order valence-corrected chi connectivity index (χ0v) is 49.8. The highest BCUT2D eigenvalue weighted by atomic mass is 16.6. The van der Waals surface area contributed by atoms with Crippen LogP contribution in [0.1, 0.15) is 329 Å². The van der Waals surface area contributed by atoms with Crippen LogP contribution in [0.2, 0.25) is 0 Å². The molecule has 0 aliphatic rings. The molecule has 0 bridgehead atoms. The Bertz CT molecular complexity index is 1390. The summed E-state index contributed by atoms with van der Waals surface area (Å²) in [6, 6.07) is 0.